The van der Waals surface area contributed by atoms with E-state index in [0.29, 0.717) is 0 Å². The van der Waals surface area contributed by atoms with Crippen molar-refractivity contribution >= 4 is 0 Å². The third-order valence-corrected chi connectivity index (χ3v) is 2.16. The van der Waals surface area contributed by atoms with Gasteiger partial charge in [-0.3, -0.25) is 0 Å². The summed E-state index contributed by atoms with van der Waals surface area (Å²) in [5.74, 6) is 0. The van der Waals surface area contributed by atoms with Crippen LogP contribution in [0.4, 0.5) is 0 Å². The fourth-order valence-corrected chi connectivity index (χ4v) is 1.46. The summed E-state index contributed by atoms with van der Waals surface area (Å²) in [6.45, 7) is 2.11. The lowest BCUT2D eigenvalue weighted by Gasteiger charge is -2.03. The molecule has 0 nitrogen and oxygen atoms in total. The zero-order valence-electron chi connectivity index (χ0n) is 7.62. The second-order valence-electron chi connectivity index (χ2n) is 3.11. The maximum absolute atomic E-state index is 3.07. The Bertz CT molecular complexity index is 388. The minimum Gasteiger partial charge on any atom is -0.0622 e. The van der Waals surface area contributed by atoms with Crippen LogP contribution in [0.15, 0.2) is 48.5 Å². The van der Waals surface area contributed by atoms with Crippen LogP contribution in [0.1, 0.15) is 5.56 Å². The molecule has 2 rings (SSSR count). The second kappa shape index (κ2) is 3.44. The summed E-state index contributed by atoms with van der Waals surface area (Å²) in [5, 5.41) is 0. The number of hydrogen-bond acceptors (Lipinski definition) is 0. The first kappa shape index (κ1) is 8.06. The van der Waals surface area contributed by atoms with Crippen molar-refractivity contribution in [3.8, 4) is 11.1 Å². The molecule has 0 heteroatoms. The summed E-state index contributed by atoms with van der Waals surface area (Å²) >= 11 is 0. The number of rotatable bonds is 1. The molecule has 2 aromatic rings. The van der Waals surface area contributed by atoms with Crippen molar-refractivity contribution in [1.82, 2.24) is 0 Å². The molecule has 0 aliphatic carbocycles. The third kappa shape index (κ3) is 1.62. The molecule has 0 spiro atoms. The van der Waals surface area contributed by atoms with Gasteiger partial charge in [-0.25, -0.2) is 0 Å². The van der Waals surface area contributed by atoms with Crippen molar-refractivity contribution in [2.75, 3.05) is 0 Å². The molecular weight excluding hydrogens is 156 g/mol. The van der Waals surface area contributed by atoms with Crippen molar-refractivity contribution in [2.45, 2.75) is 6.92 Å². The van der Waals surface area contributed by atoms with Crippen LogP contribution in [-0.2, 0) is 0 Å². The topological polar surface area (TPSA) is 0 Å². The van der Waals surface area contributed by atoms with Gasteiger partial charge < -0.3 is 0 Å². The number of hydrogen-bond donors (Lipinski definition) is 0. The van der Waals surface area contributed by atoms with Crippen LogP contribution in [0.5, 0.6) is 0 Å². The summed E-state index contributed by atoms with van der Waals surface area (Å²) in [6.07, 6.45) is 0. The van der Waals surface area contributed by atoms with Gasteiger partial charge in [0.25, 0.3) is 0 Å². The Morgan fingerprint density at radius 2 is 1.77 bits per heavy atom. The molecule has 0 heterocycles. The highest BCUT2D eigenvalue weighted by Gasteiger charge is 1.97. The second-order valence-corrected chi connectivity index (χ2v) is 3.11. The first-order valence-corrected chi connectivity index (χ1v) is 4.40. The van der Waals surface area contributed by atoms with Gasteiger partial charge in [0.2, 0.25) is 0 Å². The molecule has 0 aliphatic rings. The molecule has 0 fully saturated rings. The Morgan fingerprint density at radius 3 is 2.46 bits per heavy atom. The van der Waals surface area contributed by atoms with Crippen LogP contribution >= 0.6 is 0 Å². The van der Waals surface area contributed by atoms with Gasteiger partial charge in [0, 0.05) is 0 Å². The van der Waals surface area contributed by atoms with E-state index >= 15 is 0 Å². The smallest absolute Gasteiger partial charge is 0.0154 e. The predicted octanol–water partition coefficient (Wildman–Crippen LogP) is 3.46. The lowest BCUT2D eigenvalue weighted by molar-refractivity contribution is 1.45. The van der Waals surface area contributed by atoms with Crippen molar-refractivity contribution in [1.29, 1.82) is 0 Å². The molecule has 13 heavy (non-hydrogen) atoms. The van der Waals surface area contributed by atoms with Crippen LogP contribution in [0.25, 0.3) is 11.1 Å². The summed E-state index contributed by atoms with van der Waals surface area (Å²) in [4.78, 5) is 0. The quantitative estimate of drug-likeness (QED) is 0.610. The normalized spacial score (nSPS) is 9.92. The highest BCUT2D eigenvalue weighted by Crippen LogP contribution is 2.21. The van der Waals surface area contributed by atoms with Crippen molar-refractivity contribution < 1.29 is 0 Å². The molecule has 0 aliphatic heterocycles. The van der Waals surface area contributed by atoms with E-state index in [2.05, 4.69) is 43.3 Å². The molecule has 63 valence electrons. The Hall–Kier alpha value is -1.56. The maximum atomic E-state index is 3.07. The van der Waals surface area contributed by atoms with Crippen LogP contribution in [0.2, 0.25) is 0 Å². The zero-order valence-corrected chi connectivity index (χ0v) is 7.62. The van der Waals surface area contributed by atoms with Crippen molar-refractivity contribution in [3.05, 3.63) is 60.2 Å². The van der Waals surface area contributed by atoms with Gasteiger partial charge in [0.05, 0.1) is 0 Å². The lowest BCUT2D eigenvalue weighted by atomic mass is 10.0. The number of benzene rings is 2. The Morgan fingerprint density at radius 1 is 1.00 bits per heavy atom. The molecule has 0 saturated carbocycles. The van der Waals surface area contributed by atoms with E-state index in [1.165, 1.54) is 16.7 Å². The van der Waals surface area contributed by atoms with E-state index in [1.54, 1.807) is 0 Å². The fraction of sp³-hybridized carbons (Fsp3) is 0.0769. The Kier molecular flexibility index (Phi) is 2.13. The largest absolute Gasteiger partial charge is 0.0622 e. The molecule has 0 amide bonds. The van der Waals surface area contributed by atoms with Crippen LogP contribution in [-0.4, -0.2) is 0 Å². The summed E-state index contributed by atoms with van der Waals surface area (Å²) in [6, 6.07) is 19.6. The first-order chi connectivity index (χ1) is 6.38. The standard InChI is InChI=1S/C13H11/c1-11-7-5-6-10-13(11)12-8-3-2-4-9-12/h2-4,6-10H,1H3. The third-order valence-electron chi connectivity index (χ3n) is 2.16. The van der Waals surface area contributed by atoms with Gasteiger partial charge in [-0.1, -0.05) is 48.5 Å². The van der Waals surface area contributed by atoms with E-state index in [1.807, 2.05) is 18.2 Å². The van der Waals surface area contributed by atoms with Crippen LogP contribution in [0.3, 0.4) is 0 Å². The minimum absolute atomic E-state index is 1.27. The zero-order chi connectivity index (χ0) is 9.10. The predicted molar refractivity (Wildman–Crippen MR) is 55.5 cm³/mol. The molecular formula is C13H11. The Balaban J connectivity index is 2.54. The SMILES string of the molecule is Cc1c[c]ccc1-c1ccccc1. The maximum Gasteiger partial charge on any atom is -0.0154 e. The van der Waals surface area contributed by atoms with Gasteiger partial charge in [0.15, 0.2) is 0 Å². The van der Waals surface area contributed by atoms with Crippen molar-refractivity contribution in [3.63, 3.8) is 0 Å². The average Bonchev–Trinajstić information content (AvgIpc) is 2.20. The van der Waals surface area contributed by atoms with E-state index in [0.717, 1.165) is 0 Å². The highest BCUT2D eigenvalue weighted by molar-refractivity contribution is 5.66. The first-order valence-electron chi connectivity index (χ1n) is 4.40. The van der Waals surface area contributed by atoms with Crippen LogP contribution < -0.4 is 0 Å². The molecule has 0 atom stereocenters. The van der Waals surface area contributed by atoms with Gasteiger partial charge in [-0.15, -0.1) is 0 Å². The molecule has 0 bridgehead atoms. The average molecular weight is 167 g/mol. The van der Waals surface area contributed by atoms with Gasteiger partial charge in [-0.2, -0.15) is 0 Å². The van der Waals surface area contributed by atoms with E-state index in [9.17, 15) is 0 Å². The van der Waals surface area contributed by atoms with Gasteiger partial charge >= 0.3 is 0 Å². The Labute approximate surface area is 78.9 Å². The van der Waals surface area contributed by atoms with E-state index in [4.69, 9.17) is 0 Å². The summed E-state index contributed by atoms with van der Waals surface area (Å²) in [5.41, 5.74) is 3.84. The van der Waals surface area contributed by atoms with E-state index < -0.39 is 0 Å². The molecule has 0 unspecified atom stereocenters. The monoisotopic (exact) mass is 167 g/mol. The highest BCUT2D eigenvalue weighted by atomic mass is 14.0. The summed E-state index contributed by atoms with van der Waals surface area (Å²) in [7, 11) is 0. The molecule has 1 radical (unpaired) electrons. The van der Waals surface area contributed by atoms with Gasteiger partial charge in [-0.05, 0) is 29.7 Å². The molecule has 0 aromatic heterocycles. The fourth-order valence-electron chi connectivity index (χ4n) is 1.46. The molecule has 0 N–H and O–H groups in total. The molecule has 2 aromatic carbocycles. The number of aryl methyl sites for hydroxylation is 1. The lowest BCUT2D eigenvalue weighted by Crippen LogP contribution is -1.80. The van der Waals surface area contributed by atoms with Gasteiger partial charge in [0.1, 0.15) is 0 Å². The minimum atomic E-state index is 1.27. The van der Waals surface area contributed by atoms with E-state index in [-0.39, 0.29) is 0 Å². The summed E-state index contributed by atoms with van der Waals surface area (Å²) < 4.78 is 0. The molecule has 0 saturated heterocycles. The van der Waals surface area contributed by atoms with Crippen LogP contribution in [0, 0.1) is 13.0 Å². The van der Waals surface area contributed by atoms with Crippen molar-refractivity contribution in [2.24, 2.45) is 0 Å².